The molecule has 0 saturated carbocycles. The monoisotopic (exact) mass is 212 g/mol. The van der Waals surface area contributed by atoms with Crippen LogP contribution < -0.4 is 5.32 Å². The van der Waals surface area contributed by atoms with E-state index >= 15 is 0 Å². The summed E-state index contributed by atoms with van der Waals surface area (Å²) in [7, 11) is 0. The van der Waals surface area contributed by atoms with E-state index in [0.29, 0.717) is 0 Å². The number of nitrogens with one attached hydrogen (secondary N) is 1. The van der Waals surface area contributed by atoms with Crippen molar-refractivity contribution in [1.29, 1.82) is 0 Å². The van der Waals surface area contributed by atoms with E-state index in [0.717, 1.165) is 25.1 Å². The number of alkyl halides is 1. The maximum Gasteiger partial charge on any atom is 0.0400 e. The second-order valence-electron chi connectivity index (χ2n) is 3.41. The fourth-order valence-electron chi connectivity index (χ4n) is 1.24. The van der Waals surface area contributed by atoms with Gasteiger partial charge in [0.1, 0.15) is 0 Å². The first-order valence-corrected chi connectivity index (χ1v) is 5.46. The van der Waals surface area contributed by atoms with E-state index in [2.05, 4.69) is 17.2 Å². The van der Waals surface area contributed by atoms with Crippen LogP contribution in [0.4, 0.5) is 5.69 Å². The Bertz CT molecular complexity index is 276. The third-order valence-electron chi connectivity index (χ3n) is 2.24. The molecule has 78 valence electrons. The van der Waals surface area contributed by atoms with E-state index in [1.807, 2.05) is 19.2 Å². The fourth-order valence-corrected chi connectivity index (χ4v) is 1.35. The summed E-state index contributed by atoms with van der Waals surface area (Å²) in [6.07, 6.45) is 5.69. The lowest BCUT2D eigenvalue weighted by Gasteiger charge is -2.10. The highest BCUT2D eigenvalue weighted by atomic mass is 35.5. The minimum Gasteiger partial charge on any atom is -0.385 e. The Morgan fingerprint density at radius 2 is 2.36 bits per heavy atom. The zero-order valence-electron chi connectivity index (χ0n) is 8.76. The Morgan fingerprint density at radius 1 is 1.57 bits per heavy atom. The van der Waals surface area contributed by atoms with Crippen molar-refractivity contribution in [1.82, 2.24) is 4.98 Å². The lowest BCUT2D eigenvalue weighted by Crippen LogP contribution is -2.08. The Morgan fingerprint density at radius 3 is 3.00 bits per heavy atom. The van der Waals surface area contributed by atoms with Gasteiger partial charge in [-0.1, -0.05) is 6.92 Å². The molecule has 14 heavy (non-hydrogen) atoms. The maximum absolute atomic E-state index is 6.02. The van der Waals surface area contributed by atoms with Gasteiger partial charge in [-0.2, -0.15) is 0 Å². The van der Waals surface area contributed by atoms with Crippen LogP contribution in [0.3, 0.4) is 0 Å². The van der Waals surface area contributed by atoms with Crippen LogP contribution in [0.15, 0.2) is 18.5 Å². The highest BCUT2D eigenvalue weighted by Gasteiger charge is 2.01. The van der Waals surface area contributed by atoms with Crippen molar-refractivity contribution in [2.45, 2.75) is 32.1 Å². The van der Waals surface area contributed by atoms with Crippen molar-refractivity contribution in [2.24, 2.45) is 0 Å². The molecule has 2 nitrogen and oxygen atoms in total. The summed E-state index contributed by atoms with van der Waals surface area (Å²) in [5.41, 5.74) is 2.33. The molecule has 1 aromatic heterocycles. The second kappa shape index (κ2) is 5.86. The van der Waals surface area contributed by atoms with E-state index in [4.69, 9.17) is 11.6 Å². The number of aromatic nitrogens is 1. The van der Waals surface area contributed by atoms with Gasteiger partial charge in [0.15, 0.2) is 0 Å². The number of pyridine rings is 1. The number of nitrogens with zero attached hydrogens (tertiary/aromatic N) is 1. The zero-order chi connectivity index (χ0) is 10.4. The molecule has 1 N–H and O–H groups in total. The van der Waals surface area contributed by atoms with E-state index in [-0.39, 0.29) is 5.38 Å². The quantitative estimate of drug-likeness (QED) is 0.759. The molecule has 1 unspecified atom stereocenters. The van der Waals surface area contributed by atoms with Crippen LogP contribution in [0.5, 0.6) is 0 Å². The Kier molecular flexibility index (Phi) is 4.74. The van der Waals surface area contributed by atoms with E-state index < -0.39 is 0 Å². The molecule has 1 heterocycles. The number of halogens is 1. The van der Waals surface area contributed by atoms with E-state index in [1.54, 1.807) is 6.20 Å². The van der Waals surface area contributed by atoms with Gasteiger partial charge < -0.3 is 5.32 Å². The van der Waals surface area contributed by atoms with Gasteiger partial charge in [-0.25, -0.2) is 0 Å². The van der Waals surface area contributed by atoms with Crippen molar-refractivity contribution in [2.75, 3.05) is 11.9 Å². The highest BCUT2D eigenvalue weighted by molar-refractivity contribution is 6.20. The van der Waals surface area contributed by atoms with Gasteiger partial charge in [-0.3, -0.25) is 4.98 Å². The minimum absolute atomic E-state index is 0.282. The molecule has 1 atom stereocenters. The van der Waals surface area contributed by atoms with E-state index in [9.17, 15) is 0 Å². The lowest BCUT2D eigenvalue weighted by atomic mass is 10.2. The molecule has 0 spiro atoms. The molecule has 0 aromatic carbocycles. The largest absolute Gasteiger partial charge is 0.385 e. The zero-order valence-corrected chi connectivity index (χ0v) is 9.51. The highest BCUT2D eigenvalue weighted by Crippen LogP contribution is 2.12. The maximum atomic E-state index is 6.02. The fraction of sp³-hybridized carbons (Fsp3) is 0.545. The summed E-state index contributed by atoms with van der Waals surface area (Å²) >= 11 is 6.02. The predicted octanol–water partition coefficient (Wildman–Crippen LogP) is 3.21. The van der Waals surface area contributed by atoms with Crippen LogP contribution in [0.1, 0.15) is 25.3 Å². The third-order valence-corrected chi connectivity index (χ3v) is 2.76. The van der Waals surface area contributed by atoms with Crippen LogP contribution >= 0.6 is 11.6 Å². The van der Waals surface area contributed by atoms with Crippen LogP contribution in [0.2, 0.25) is 0 Å². The van der Waals surface area contributed by atoms with Gasteiger partial charge in [0.2, 0.25) is 0 Å². The SMILES string of the molecule is CCC(Cl)CCNc1ccncc1C. The molecule has 0 saturated heterocycles. The minimum atomic E-state index is 0.282. The summed E-state index contributed by atoms with van der Waals surface area (Å²) < 4.78 is 0. The number of rotatable bonds is 5. The number of aryl methyl sites for hydroxylation is 1. The molecule has 0 aliphatic carbocycles. The van der Waals surface area contributed by atoms with Gasteiger partial charge in [-0.05, 0) is 31.4 Å². The van der Waals surface area contributed by atoms with Crippen molar-refractivity contribution in [3.8, 4) is 0 Å². The average Bonchev–Trinajstić information content (AvgIpc) is 2.20. The van der Waals surface area contributed by atoms with Crippen LogP contribution in [0.25, 0.3) is 0 Å². The summed E-state index contributed by atoms with van der Waals surface area (Å²) in [6, 6.07) is 1.99. The molecule has 0 bridgehead atoms. The first-order valence-electron chi connectivity index (χ1n) is 5.02. The molecule has 0 aliphatic heterocycles. The van der Waals surface area contributed by atoms with Crippen molar-refractivity contribution in [3.05, 3.63) is 24.0 Å². The smallest absolute Gasteiger partial charge is 0.0400 e. The summed E-state index contributed by atoms with van der Waals surface area (Å²) in [4.78, 5) is 4.04. The molecule has 0 amide bonds. The Hall–Kier alpha value is -0.760. The summed E-state index contributed by atoms with van der Waals surface area (Å²) in [5, 5.41) is 3.64. The average molecular weight is 213 g/mol. The molecule has 3 heteroatoms. The first kappa shape index (κ1) is 11.3. The van der Waals surface area contributed by atoms with Crippen LogP contribution in [-0.2, 0) is 0 Å². The Labute approximate surface area is 90.7 Å². The topological polar surface area (TPSA) is 24.9 Å². The lowest BCUT2D eigenvalue weighted by molar-refractivity contribution is 0.753. The van der Waals surface area contributed by atoms with Crippen molar-refractivity contribution < 1.29 is 0 Å². The van der Waals surface area contributed by atoms with Gasteiger partial charge >= 0.3 is 0 Å². The Balaban J connectivity index is 2.35. The van der Waals surface area contributed by atoms with Gasteiger partial charge in [-0.15, -0.1) is 11.6 Å². The number of anilines is 1. The molecule has 0 fully saturated rings. The van der Waals surface area contributed by atoms with Crippen LogP contribution in [-0.4, -0.2) is 16.9 Å². The van der Waals surface area contributed by atoms with Gasteiger partial charge in [0.05, 0.1) is 0 Å². The number of hydrogen-bond donors (Lipinski definition) is 1. The first-order chi connectivity index (χ1) is 6.74. The predicted molar refractivity (Wildman–Crippen MR) is 62.0 cm³/mol. The molecular weight excluding hydrogens is 196 g/mol. The molecular formula is C11H17ClN2. The second-order valence-corrected chi connectivity index (χ2v) is 4.03. The normalized spacial score (nSPS) is 12.5. The molecule has 1 aromatic rings. The van der Waals surface area contributed by atoms with Gasteiger partial charge in [0.25, 0.3) is 0 Å². The number of hydrogen-bond acceptors (Lipinski definition) is 2. The summed E-state index contributed by atoms with van der Waals surface area (Å²) in [6.45, 7) is 5.08. The van der Waals surface area contributed by atoms with Crippen molar-refractivity contribution in [3.63, 3.8) is 0 Å². The molecule has 0 aliphatic rings. The standard InChI is InChI=1S/C11H17ClN2/c1-3-10(12)4-7-14-11-5-6-13-8-9(11)2/h5-6,8,10H,3-4,7H2,1-2H3,(H,13,14). The van der Waals surface area contributed by atoms with Crippen LogP contribution in [0, 0.1) is 6.92 Å². The summed E-state index contributed by atoms with van der Waals surface area (Å²) in [5.74, 6) is 0. The molecule has 1 rings (SSSR count). The van der Waals surface area contributed by atoms with Crippen molar-refractivity contribution >= 4 is 17.3 Å². The molecule has 0 radical (unpaired) electrons. The third kappa shape index (κ3) is 3.54. The van der Waals surface area contributed by atoms with Gasteiger partial charge in [0, 0.05) is 30.0 Å². The van der Waals surface area contributed by atoms with E-state index in [1.165, 1.54) is 5.56 Å².